The predicted octanol–water partition coefficient (Wildman–Crippen LogP) is 3.06. The minimum absolute atomic E-state index is 0.625. The molecule has 0 unspecified atom stereocenters. The molecular weight excluding hydrogens is 380 g/mol. The number of ether oxygens (including phenoxy) is 2. The number of morpholine rings is 1. The standard InChI is InChI=1S/C22H28N6O2/c1-3-29-10-9-28-16-23-21-19(27-7-11-30-12-8-27)14-20(25-22(21)28)26-24-15-18-6-4-5-17(2)13-18/h4-6,13-16H,3,7-12H2,1-2H3,(H,25,26)/b24-15+. The van der Waals surface area contributed by atoms with E-state index in [0.29, 0.717) is 38.8 Å². The second kappa shape index (κ2) is 9.69. The highest BCUT2D eigenvalue weighted by Crippen LogP contribution is 2.28. The number of hydrogen-bond acceptors (Lipinski definition) is 7. The number of nitrogens with one attached hydrogen (secondary N) is 1. The van der Waals surface area contributed by atoms with Crippen LogP contribution in [-0.4, -0.2) is 60.3 Å². The van der Waals surface area contributed by atoms with Gasteiger partial charge in [0.15, 0.2) is 11.5 Å². The lowest BCUT2D eigenvalue weighted by atomic mass is 10.2. The Morgan fingerprint density at radius 2 is 2.13 bits per heavy atom. The van der Waals surface area contributed by atoms with Crippen molar-refractivity contribution in [1.29, 1.82) is 0 Å². The van der Waals surface area contributed by atoms with Crippen molar-refractivity contribution in [1.82, 2.24) is 14.5 Å². The van der Waals surface area contributed by atoms with Crippen molar-refractivity contribution in [3.63, 3.8) is 0 Å². The van der Waals surface area contributed by atoms with E-state index in [-0.39, 0.29) is 0 Å². The number of aromatic nitrogens is 3. The van der Waals surface area contributed by atoms with Crippen molar-refractivity contribution in [2.24, 2.45) is 5.10 Å². The molecule has 0 aliphatic carbocycles. The Balaban J connectivity index is 1.63. The third kappa shape index (κ3) is 4.77. The van der Waals surface area contributed by atoms with Crippen molar-refractivity contribution in [2.75, 3.05) is 49.8 Å². The summed E-state index contributed by atoms with van der Waals surface area (Å²) < 4.78 is 13.1. The van der Waals surface area contributed by atoms with Crippen LogP contribution in [0.25, 0.3) is 11.2 Å². The highest BCUT2D eigenvalue weighted by Gasteiger charge is 2.19. The maximum atomic E-state index is 5.52. The van der Waals surface area contributed by atoms with Crippen molar-refractivity contribution in [3.8, 4) is 0 Å². The zero-order valence-electron chi connectivity index (χ0n) is 17.5. The number of rotatable bonds is 8. The number of aryl methyl sites for hydroxylation is 1. The molecule has 2 aromatic heterocycles. The lowest BCUT2D eigenvalue weighted by molar-refractivity contribution is 0.123. The van der Waals surface area contributed by atoms with Gasteiger partial charge in [-0.05, 0) is 19.4 Å². The van der Waals surface area contributed by atoms with E-state index in [1.165, 1.54) is 5.56 Å². The molecule has 8 nitrogen and oxygen atoms in total. The van der Waals surface area contributed by atoms with Crippen LogP contribution in [0.15, 0.2) is 41.8 Å². The second-order valence-corrected chi connectivity index (χ2v) is 7.22. The summed E-state index contributed by atoms with van der Waals surface area (Å²) in [6.07, 6.45) is 3.64. The van der Waals surface area contributed by atoms with E-state index in [0.717, 1.165) is 35.5 Å². The summed E-state index contributed by atoms with van der Waals surface area (Å²) in [5.74, 6) is 0.686. The molecule has 0 amide bonds. The molecule has 1 aliphatic rings. The van der Waals surface area contributed by atoms with Crippen LogP contribution in [0.1, 0.15) is 18.1 Å². The van der Waals surface area contributed by atoms with E-state index in [9.17, 15) is 0 Å². The number of fused-ring (bicyclic) bond motifs is 1. The average molecular weight is 409 g/mol. The zero-order chi connectivity index (χ0) is 20.8. The summed E-state index contributed by atoms with van der Waals surface area (Å²) in [5.41, 5.74) is 8.10. The summed E-state index contributed by atoms with van der Waals surface area (Å²) in [5, 5.41) is 4.40. The molecule has 158 valence electrons. The van der Waals surface area contributed by atoms with E-state index in [1.807, 2.05) is 36.0 Å². The Labute approximate surface area is 176 Å². The molecule has 1 saturated heterocycles. The Bertz CT molecular complexity index is 1010. The van der Waals surface area contributed by atoms with Gasteiger partial charge in [-0.15, -0.1) is 0 Å². The van der Waals surface area contributed by atoms with Crippen molar-refractivity contribution in [2.45, 2.75) is 20.4 Å². The number of nitrogens with zero attached hydrogens (tertiary/aromatic N) is 5. The number of imidazole rings is 1. The second-order valence-electron chi connectivity index (χ2n) is 7.22. The summed E-state index contributed by atoms with van der Waals surface area (Å²) in [7, 11) is 0. The summed E-state index contributed by atoms with van der Waals surface area (Å²) in [4.78, 5) is 11.7. The van der Waals surface area contributed by atoms with E-state index in [1.54, 1.807) is 6.21 Å². The molecule has 30 heavy (non-hydrogen) atoms. The van der Waals surface area contributed by atoms with Crippen molar-refractivity contribution >= 4 is 28.9 Å². The number of hydrazone groups is 1. The highest BCUT2D eigenvalue weighted by atomic mass is 16.5. The maximum absolute atomic E-state index is 5.52. The lowest BCUT2D eigenvalue weighted by Crippen LogP contribution is -2.36. The zero-order valence-corrected chi connectivity index (χ0v) is 17.5. The van der Waals surface area contributed by atoms with Crippen molar-refractivity contribution < 1.29 is 9.47 Å². The number of anilines is 2. The molecule has 0 atom stereocenters. The van der Waals surface area contributed by atoms with Crippen LogP contribution in [0, 0.1) is 6.92 Å². The topological polar surface area (TPSA) is 76.8 Å². The fraction of sp³-hybridized carbons (Fsp3) is 0.409. The first-order chi connectivity index (χ1) is 14.7. The smallest absolute Gasteiger partial charge is 0.164 e. The van der Waals surface area contributed by atoms with Gasteiger partial charge in [0.2, 0.25) is 0 Å². The number of pyridine rings is 1. The van der Waals surface area contributed by atoms with Gasteiger partial charge in [0, 0.05) is 32.3 Å². The van der Waals surface area contributed by atoms with Gasteiger partial charge in [0.05, 0.1) is 38.0 Å². The van der Waals surface area contributed by atoms with Crippen LogP contribution in [-0.2, 0) is 16.0 Å². The van der Waals surface area contributed by atoms with Gasteiger partial charge in [-0.2, -0.15) is 5.10 Å². The quantitative estimate of drug-likeness (QED) is 0.351. The summed E-state index contributed by atoms with van der Waals surface area (Å²) in [6, 6.07) is 10.2. The minimum atomic E-state index is 0.625. The van der Waals surface area contributed by atoms with Gasteiger partial charge in [0.25, 0.3) is 0 Å². The van der Waals surface area contributed by atoms with Crippen LogP contribution < -0.4 is 10.3 Å². The molecule has 3 aromatic rings. The molecule has 1 N–H and O–H groups in total. The Kier molecular flexibility index (Phi) is 6.56. The largest absolute Gasteiger partial charge is 0.380 e. The highest BCUT2D eigenvalue weighted by molar-refractivity contribution is 5.89. The van der Waals surface area contributed by atoms with Gasteiger partial charge in [0.1, 0.15) is 5.52 Å². The van der Waals surface area contributed by atoms with Gasteiger partial charge < -0.3 is 18.9 Å². The van der Waals surface area contributed by atoms with E-state index >= 15 is 0 Å². The Morgan fingerprint density at radius 1 is 1.27 bits per heavy atom. The minimum Gasteiger partial charge on any atom is -0.380 e. The molecule has 0 saturated carbocycles. The molecule has 4 rings (SSSR count). The first-order valence-corrected chi connectivity index (χ1v) is 10.4. The number of benzene rings is 1. The third-order valence-corrected chi connectivity index (χ3v) is 5.02. The van der Waals surface area contributed by atoms with Crippen LogP contribution in [0.2, 0.25) is 0 Å². The molecule has 1 aromatic carbocycles. The monoisotopic (exact) mass is 408 g/mol. The molecule has 1 fully saturated rings. The molecule has 0 spiro atoms. The van der Waals surface area contributed by atoms with Gasteiger partial charge in [-0.1, -0.05) is 29.8 Å². The van der Waals surface area contributed by atoms with Gasteiger partial charge >= 0.3 is 0 Å². The molecule has 1 aliphatic heterocycles. The fourth-order valence-electron chi connectivity index (χ4n) is 3.51. The Morgan fingerprint density at radius 3 is 2.93 bits per heavy atom. The summed E-state index contributed by atoms with van der Waals surface area (Å²) in [6.45, 7) is 9.17. The average Bonchev–Trinajstić information content (AvgIpc) is 3.17. The maximum Gasteiger partial charge on any atom is 0.164 e. The van der Waals surface area contributed by atoms with Gasteiger partial charge in [-0.3, -0.25) is 5.43 Å². The molecule has 0 bridgehead atoms. The third-order valence-electron chi connectivity index (χ3n) is 5.02. The van der Waals surface area contributed by atoms with Gasteiger partial charge in [-0.25, -0.2) is 9.97 Å². The van der Waals surface area contributed by atoms with E-state index in [4.69, 9.17) is 14.5 Å². The normalized spacial score (nSPS) is 14.7. The Hall–Kier alpha value is -2.97. The molecule has 3 heterocycles. The van der Waals surface area contributed by atoms with Crippen LogP contribution in [0.4, 0.5) is 11.5 Å². The van der Waals surface area contributed by atoms with Crippen LogP contribution >= 0.6 is 0 Å². The SMILES string of the molecule is CCOCCn1cnc2c(N3CCOCC3)cc(N/N=C/c3cccc(C)c3)nc21. The molecule has 0 radical (unpaired) electrons. The van der Waals surface area contributed by atoms with E-state index in [2.05, 4.69) is 39.5 Å². The fourth-order valence-corrected chi connectivity index (χ4v) is 3.51. The predicted molar refractivity (Wildman–Crippen MR) is 119 cm³/mol. The first-order valence-electron chi connectivity index (χ1n) is 10.4. The van der Waals surface area contributed by atoms with Crippen molar-refractivity contribution in [3.05, 3.63) is 47.8 Å². The first kappa shape index (κ1) is 20.3. The molecular formula is C22H28N6O2. The van der Waals surface area contributed by atoms with Crippen LogP contribution in [0.5, 0.6) is 0 Å². The van der Waals surface area contributed by atoms with E-state index < -0.39 is 0 Å². The molecule has 8 heteroatoms. The number of hydrogen-bond donors (Lipinski definition) is 1. The van der Waals surface area contributed by atoms with Crippen LogP contribution in [0.3, 0.4) is 0 Å². The lowest BCUT2D eigenvalue weighted by Gasteiger charge is -2.29. The summed E-state index contributed by atoms with van der Waals surface area (Å²) >= 11 is 0.